The molecule has 2 aliphatic heterocycles. The molecule has 0 N–H and O–H groups in total. The van der Waals surface area contributed by atoms with E-state index in [1.165, 1.54) is 26.1 Å². The number of likely N-dealkylation sites (tertiary alicyclic amines) is 2. The van der Waals surface area contributed by atoms with Gasteiger partial charge in [0.15, 0.2) is 0 Å². The first kappa shape index (κ1) is 8.52. The summed E-state index contributed by atoms with van der Waals surface area (Å²) >= 11 is 0. The maximum absolute atomic E-state index is 2.66. The van der Waals surface area contributed by atoms with Crippen LogP contribution in [-0.2, 0) is 0 Å². The Bertz CT molecular complexity index is 167. The summed E-state index contributed by atoms with van der Waals surface area (Å²) in [4.78, 5) is 5.29. The molecule has 0 spiro atoms. The first-order chi connectivity index (χ1) is 5.72. The van der Waals surface area contributed by atoms with Crippen LogP contribution in [0, 0.1) is 0 Å². The van der Waals surface area contributed by atoms with Gasteiger partial charge in [-0.15, -0.1) is 0 Å². The lowest BCUT2D eigenvalue weighted by Crippen LogP contribution is -2.48. The molecule has 0 aromatic heterocycles. The van der Waals surface area contributed by atoms with Crippen molar-refractivity contribution in [1.82, 2.24) is 9.80 Å². The van der Waals surface area contributed by atoms with Crippen LogP contribution >= 0.6 is 0 Å². The van der Waals surface area contributed by atoms with E-state index in [1.807, 2.05) is 0 Å². The second kappa shape index (κ2) is 3.00. The average Bonchev–Trinajstić information content (AvgIpc) is 2.60. The number of hydrogen-bond acceptors (Lipinski definition) is 2. The highest BCUT2D eigenvalue weighted by Gasteiger charge is 2.42. The summed E-state index contributed by atoms with van der Waals surface area (Å²) in [5.41, 5.74) is 0. The molecular formula is C10H20N2. The van der Waals surface area contributed by atoms with Gasteiger partial charge in [0.2, 0.25) is 0 Å². The normalized spacial score (nSPS) is 37.0. The molecule has 2 fully saturated rings. The SMILES string of the molecule is CCN1C[C@@H]2CC1CN2C(C)C. The highest BCUT2D eigenvalue weighted by atomic mass is 15.4. The number of piperazine rings is 1. The van der Waals surface area contributed by atoms with Gasteiger partial charge in [-0.1, -0.05) is 6.92 Å². The minimum absolute atomic E-state index is 0.749. The second-order valence-corrected chi connectivity index (χ2v) is 4.42. The van der Waals surface area contributed by atoms with Crippen LogP contribution in [0.15, 0.2) is 0 Å². The zero-order valence-corrected chi connectivity index (χ0v) is 8.45. The standard InChI is InChI=1S/C10H20N2/c1-4-11-6-10-5-9(11)7-12(10)8(2)3/h8-10H,4-7H2,1-3H3/t9?,10-/m0/s1. The molecule has 2 bridgehead atoms. The van der Waals surface area contributed by atoms with E-state index >= 15 is 0 Å². The van der Waals surface area contributed by atoms with E-state index in [2.05, 4.69) is 30.6 Å². The maximum Gasteiger partial charge on any atom is 0.0242 e. The summed E-state index contributed by atoms with van der Waals surface area (Å²) in [5, 5.41) is 0. The summed E-state index contributed by atoms with van der Waals surface area (Å²) < 4.78 is 0. The van der Waals surface area contributed by atoms with Gasteiger partial charge in [0.25, 0.3) is 0 Å². The van der Waals surface area contributed by atoms with Gasteiger partial charge in [0.1, 0.15) is 0 Å². The van der Waals surface area contributed by atoms with Gasteiger partial charge >= 0.3 is 0 Å². The second-order valence-electron chi connectivity index (χ2n) is 4.42. The van der Waals surface area contributed by atoms with Gasteiger partial charge < -0.3 is 0 Å². The van der Waals surface area contributed by atoms with Crippen molar-refractivity contribution >= 4 is 0 Å². The fraction of sp³-hybridized carbons (Fsp3) is 1.00. The molecule has 2 heterocycles. The van der Waals surface area contributed by atoms with Gasteiger partial charge in [0.05, 0.1) is 0 Å². The number of rotatable bonds is 2. The van der Waals surface area contributed by atoms with Crippen LogP contribution in [0.5, 0.6) is 0 Å². The molecule has 2 rings (SSSR count). The molecule has 2 aliphatic rings. The van der Waals surface area contributed by atoms with Crippen molar-refractivity contribution in [2.75, 3.05) is 19.6 Å². The van der Waals surface area contributed by atoms with Crippen LogP contribution in [0.1, 0.15) is 27.2 Å². The van der Waals surface area contributed by atoms with Crippen molar-refractivity contribution < 1.29 is 0 Å². The predicted octanol–water partition coefficient (Wildman–Crippen LogP) is 1.17. The first-order valence-corrected chi connectivity index (χ1v) is 5.22. The van der Waals surface area contributed by atoms with Gasteiger partial charge in [-0.25, -0.2) is 0 Å². The third-order valence-corrected chi connectivity index (χ3v) is 3.47. The molecule has 0 aliphatic carbocycles. The third-order valence-electron chi connectivity index (χ3n) is 3.47. The minimum atomic E-state index is 0.749. The topological polar surface area (TPSA) is 6.48 Å². The van der Waals surface area contributed by atoms with Crippen molar-refractivity contribution in [2.24, 2.45) is 0 Å². The number of fused-ring (bicyclic) bond motifs is 2. The summed E-state index contributed by atoms with van der Waals surface area (Å²) in [6, 6.07) is 2.50. The molecule has 2 saturated heterocycles. The largest absolute Gasteiger partial charge is 0.298 e. The Hall–Kier alpha value is -0.0800. The van der Waals surface area contributed by atoms with Crippen molar-refractivity contribution in [1.29, 1.82) is 0 Å². The summed E-state index contributed by atoms with van der Waals surface area (Å²) in [5.74, 6) is 0. The van der Waals surface area contributed by atoms with Crippen LogP contribution in [0.25, 0.3) is 0 Å². The summed E-state index contributed by atoms with van der Waals surface area (Å²) in [6.45, 7) is 10.8. The zero-order valence-electron chi connectivity index (χ0n) is 8.45. The lowest BCUT2D eigenvalue weighted by Gasteiger charge is -2.35. The monoisotopic (exact) mass is 168 g/mol. The van der Waals surface area contributed by atoms with Gasteiger partial charge in [-0.2, -0.15) is 0 Å². The lowest BCUT2D eigenvalue weighted by molar-refractivity contribution is 0.108. The molecular weight excluding hydrogens is 148 g/mol. The zero-order chi connectivity index (χ0) is 8.72. The van der Waals surface area contributed by atoms with E-state index < -0.39 is 0 Å². The number of likely N-dealkylation sites (N-methyl/N-ethyl adjacent to an activating group) is 1. The molecule has 0 aromatic rings. The van der Waals surface area contributed by atoms with E-state index in [0.29, 0.717) is 0 Å². The molecule has 2 nitrogen and oxygen atoms in total. The van der Waals surface area contributed by atoms with Gasteiger partial charge in [-0.3, -0.25) is 9.80 Å². The Morgan fingerprint density at radius 1 is 1.25 bits per heavy atom. The summed E-state index contributed by atoms with van der Waals surface area (Å²) in [6.07, 6.45) is 1.42. The van der Waals surface area contributed by atoms with Crippen molar-refractivity contribution in [2.45, 2.75) is 45.3 Å². The first-order valence-electron chi connectivity index (χ1n) is 5.22. The van der Waals surface area contributed by atoms with E-state index in [9.17, 15) is 0 Å². The smallest absolute Gasteiger partial charge is 0.0242 e. The van der Waals surface area contributed by atoms with Gasteiger partial charge in [-0.05, 0) is 26.8 Å². The van der Waals surface area contributed by atoms with Crippen LogP contribution in [0.2, 0.25) is 0 Å². The third kappa shape index (κ3) is 1.17. The minimum Gasteiger partial charge on any atom is -0.298 e. The Kier molecular flexibility index (Phi) is 2.13. The van der Waals surface area contributed by atoms with Crippen LogP contribution in [0.3, 0.4) is 0 Å². The lowest BCUT2D eigenvalue weighted by atomic mass is 10.2. The molecule has 2 atom stereocenters. The number of hydrogen-bond donors (Lipinski definition) is 0. The van der Waals surface area contributed by atoms with E-state index in [0.717, 1.165) is 18.1 Å². The van der Waals surface area contributed by atoms with Crippen molar-refractivity contribution in [3.05, 3.63) is 0 Å². The maximum atomic E-state index is 2.66. The highest BCUT2D eigenvalue weighted by Crippen LogP contribution is 2.31. The van der Waals surface area contributed by atoms with E-state index in [4.69, 9.17) is 0 Å². The quantitative estimate of drug-likeness (QED) is 0.611. The molecule has 12 heavy (non-hydrogen) atoms. The molecule has 0 amide bonds. The average molecular weight is 168 g/mol. The summed E-state index contributed by atoms with van der Waals surface area (Å²) in [7, 11) is 0. The van der Waals surface area contributed by atoms with Crippen molar-refractivity contribution in [3.63, 3.8) is 0 Å². The van der Waals surface area contributed by atoms with Crippen LogP contribution < -0.4 is 0 Å². The molecule has 0 aromatic carbocycles. The Morgan fingerprint density at radius 2 is 2.00 bits per heavy atom. The Labute approximate surface area is 75.5 Å². The van der Waals surface area contributed by atoms with E-state index in [1.54, 1.807) is 0 Å². The van der Waals surface area contributed by atoms with Gasteiger partial charge in [0, 0.05) is 31.2 Å². The molecule has 0 radical (unpaired) electrons. The fourth-order valence-corrected chi connectivity index (χ4v) is 2.80. The fourth-order valence-electron chi connectivity index (χ4n) is 2.80. The number of nitrogens with zero attached hydrogens (tertiary/aromatic N) is 2. The van der Waals surface area contributed by atoms with E-state index in [-0.39, 0.29) is 0 Å². The van der Waals surface area contributed by atoms with Crippen molar-refractivity contribution in [3.8, 4) is 0 Å². The molecule has 0 saturated carbocycles. The molecule has 2 heteroatoms. The predicted molar refractivity (Wildman–Crippen MR) is 51.3 cm³/mol. The molecule has 1 unspecified atom stereocenters. The Morgan fingerprint density at radius 3 is 2.42 bits per heavy atom. The molecule has 70 valence electrons. The Balaban J connectivity index is 1.98. The van der Waals surface area contributed by atoms with Crippen LogP contribution in [-0.4, -0.2) is 47.6 Å². The van der Waals surface area contributed by atoms with Crippen LogP contribution in [0.4, 0.5) is 0 Å². The highest BCUT2D eigenvalue weighted by molar-refractivity contribution is 4.99.